The Balaban J connectivity index is 1.59. The van der Waals surface area contributed by atoms with Crippen LogP contribution in [0, 0.1) is 20.8 Å². The van der Waals surface area contributed by atoms with Crippen LogP contribution in [-0.2, 0) is 13.1 Å². The monoisotopic (exact) mass is 365 g/mol. The van der Waals surface area contributed by atoms with Crippen molar-refractivity contribution in [3.63, 3.8) is 0 Å². The molecule has 3 aromatic rings. The number of rotatable bonds is 6. The molecule has 140 valence electrons. The minimum Gasteiger partial charge on any atom is -0.424 e. The smallest absolute Gasteiger partial charge is 0.256 e. The molecule has 2 heterocycles. The summed E-state index contributed by atoms with van der Waals surface area (Å²) >= 11 is 0. The number of hydrogen-bond donors (Lipinski definition) is 1. The molecule has 3 rings (SSSR count). The van der Waals surface area contributed by atoms with E-state index in [1.54, 1.807) is 6.92 Å². The Labute approximate surface area is 158 Å². The molecule has 7 nitrogen and oxygen atoms in total. The maximum Gasteiger partial charge on any atom is 0.256 e. The van der Waals surface area contributed by atoms with Crippen LogP contribution in [0.15, 0.2) is 40.8 Å². The molecule has 0 spiro atoms. The summed E-state index contributed by atoms with van der Waals surface area (Å²) in [6.45, 7) is 6.94. The van der Waals surface area contributed by atoms with E-state index in [0.29, 0.717) is 36.3 Å². The maximum absolute atomic E-state index is 12.4. The highest BCUT2D eigenvalue weighted by molar-refractivity contribution is 6.03. The summed E-state index contributed by atoms with van der Waals surface area (Å²) in [4.78, 5) is 18.8. The Morgan fingerprint density at radius 1 is 1.07 bits per heavy atom. The number of benzene rings is 1. The average Bonchev–Trinajstić information content (AvgIpc) is 2.99. The number of carbonyl (C=O) groups is 1. The van der Waals surface area contributed by atoms with Crippen LogP contribution in [0.25, 0.3) is 0 Å². The van der Waals surface area contributed by atoms with Crippen molar-refractivity contribution in [1.29, 1.82) is 0 Å². The number of pyridine rings is 1. The van der Waals surface area contributed by atoms with Gasteiger partial charge in [-0.3, -0.25) is 9.69 Å². The predicted octanol–water partition coefficient (Wildman–Crippen LogP) is 3.27. The van der Waals surface area contributed by atoms with Gasteiger partial charge in [-0.25, -0.2) is 4.98 Å². The number of amides is 1. The van der Waals surface area contributed by atoms with Crippen LogP contribution in [0.5, 0.6) is 0 Å². The summed E-state index contributed by atoms with van der Waals surface area (Å²) in [6, 6.07) is 11.3. The van der Waals surface area contributed by atoms with E-state index in [4.69, 9.17) is 4.42 Å². The van der Waals surface area contributed by atoms with Crippen LogP contribution < -0.4 is 5.32 Å². The highest BCUT2D eigenvalue weighted by Crippen LogP contribution is 2.13. The molecule has 0 fully saturated rings. The average molecular weight is 365 g/mol. The molecular formula is C20H23N5O2. The van der Waals surface area contributed by atoms with Gasteiger partial charge in [-0.1, -0.05) is 12.1 Å². The Kier molecular flexibility index (Phi) is 5.61. The van der Waals surface area contributed by atoms with Gasteiger partial charge in [0.1, 0.15) is 5.82 Å². The number of nitrogens with zero attached hydrogens (tertiary/aromatic N) is 4. The number of nitrogens with one attached hydrogen (secondary N) is 1. The molecule has 0 radical (unpaired) electrons. The number of carbonyl (C=O) groups excluding carboxylic acids is 1. The maximum atomic E-state index is 12.4. The molecule has 0 aliphatic carbocycles. The van der Waals surface area contributed by atoms with Crippen molar-refractivity contribution in [2.75, 3.05) is 12.4 Å². The zero-order valence-electron chi connectivity index (χ0n) is 16.0. The fraction of sp³-hybridized carbons (Fsp3) is 0.300. The van der Waals surface area contributed by atoms with E-state index in [1.165, 1.54) is 0 Å². The first-order valence-electron chi connectivity index (χ1n) is 8.72. The first-order chi connectivity index (χ1) is 12.9. The lowest BCUT2D eigenvalue weighted by atomic mass is 10.1. The van der Waals surface area contributed by atoms with Crippen LogP contribution in [0.4, 0.5) is 5.82 Å². The van der Waals surface area contributed by atoms with Crippen molar-refractivity contribution in [3.05, 3.63) is 70.6 Å². The molecule has 0 saturated heterocycles. The number of anilines is 1. The minimum absolute atomic E-state index is 0.172. The van der Waals surface area contributed by atoms with Gasteiger partial charge in [0.25, 0.3) is 5.91 Å². The van der Waals surface area contributed by atoms with E-state index in [1.807, 2.05) is 57.3 Å². The van der Waals surface area contributed by atoms with E-state index in [0.717, 1.165) is 16.8 Å². The Morgan fingerprint density at radius 3 is 2.44 bits per heavy atom. The molecule has 27 heavy (non-hydrogen) atoms. The van der Waals surface area contributed by atoms with Gasteiger partial charge in [-0.05, 0) is 56.3 Å². The van der Waals surface area contributed by atoms with E-state index in [9.17, 15) is 4.79 Å². The molecule has 0 saturated carbocycles. The van der Waals surface area contributed by atoms with Gasteiger partial charge in [0.15, 0.2) is 0 Å². The summed E-state index contributed by atoms with van der Waals surface area (Å²) < 4.78 is 5.39. The van der Waals surface area contributed by atoms with Gasteiger partial charge in [-0.2, -0.15) is 0 Å². The number of aryl methyl sites for hydroxylation is 3. The van der Waals surface area contributed by atoms with Crippen molar-refractivity contribution in [2.45, 2.75) is 33.9 Å². The summed E-state index contributed by atoms with van der Waals surface area (Å²) in [7, 11) is 1.98. The van der Waals surface area contributed by atoms with E-state index in [2.05, 4.69) is 25.4 Å². The molecule has 0 aliphatic rings. The lowest BCUT2D eigenvalue weighted by Gasteiger charge is -2.14. The quantitative estimate of drug-likeness (QED) is 0.722. The topological polar surface area (TPSA) is 84.2 Å². The minimum atomic E-state index is -0.172. The lowest BCUT2D eigenvalue weighted by molar-refractivity contribution is 0.102. The van der Waals surface area contributed by atoms with Crippen molar-refractivity contribution in [3.8, 4) is 0 Å². The molecule has 0 unspecified atom stereocenters. The first-order valence-corrected chi connectivity index (χ1v) is 8.72. The normalized spacial score (nSPS) is 11.0. The second-order valence-corrected chi connectivity index (χ2v) is 6.71. The van der Waals surface area contributed by atoms with E-state index < -0.39 is 0 Å². The molecule has 0 bridgehead atoms. The van der Waals surface area contributed by atoms with Crippen molar-refractivity contribution in [2.24, 2.45) is 0 Å². The first kappa shape index (κ1) is 18.7. The molecule has 1 N–H and O–H groups in total. The molecule has 0 aliphatic heterocycles. The fourth-order valence-electron chi connectivity index (χ4n) is 2.86. The second kappa shape index (κ2) is 8.09. The van der Waals surface area contributed by atoms with Crippen molar-refractivity contribution >= 4 is 11.7 Å². The van der Waals surface area contributed by atoms with Gasteiger partial charge < -0.3 is 9.73 Å². The lowest BCUT2D eigenvalue weighted by Crippen LogP contribution is -2.18. The van der Waals surface area contributed by atoms with Gasteiger partial charge in [0, 0.05) is 24.7 Å². The highest BCUT2D eigenvalue weighted by atomic mass is 16.4. The van der Waals surface area contributed by atoms with E-state index >= 15 is 0 Å². The Morgan fingerprint density at radius 2 is 1.81 bits per heavy atom. The highest BCUT2D eigenvalue weighted by Gasteiger charge is 2.10. The van der Waals surface area contributed by atoms with Gasteiger partial charge >= 0.3 is 0 Å². The fourth-order valence-corrected chi connectivity index (χ4v) is 2.86. The third kappa shape index (κ3) is 5.21. The molecule has 1 aromatic carbocycles. The summed E-state index contributed by atoms with van der Waals surface area (Å²) in [5.41, 5.74) is 3.62. The standard InChI is InChI=1S/C20H23N5O2/c1-13-9-14(2)21-18(10-13)22-20(26)17-7-5-16(6-8-17)11-25(4)12-19-24-23-15(3)27-19/h5-10H,11-12H2,1-4H3,(H,21,22,26). The molecule has 2 aromatic heterocycles. The Hall–Kier alpha value is -3.06. The predicted molar refractivity (Wildman–Crippen MR) is 102 cm³/mol. The van der Waals surface area contributed by atoms with Gasteiger partial charge in [0.05, 0.1) is 6.54 Å². The zero-order chi connectivity index (χ0) is 19.4. The van der Waals surface area contributed by atoms with Crippen molar-refractivity contribution < 1.29 is 9.21 Å². The summed E-state index contributed by atoms with van der Waals surface area (Å²) in [6.07, 6.45) is 0. The van der Waals surface area contributed by atoms with Gasteiger partial charge in [0.2, 0.25) is 11.8 Å². The van der Waals surface area contributed by atoms with Crippen LogP contribution in [0.3, 0.4) is 0 Å². The summed E-state index contributed by atoms with van der Waals surface area (Å²) in [5, 5.41) is 10.7. The zero-order valence-corrected chi connectivity index (χ0v) is 16.0. The van der Waals surface area contributed by atoms with Crippen LogP contribution in [0.2, 0.25) is 0 Å². The SMILES string of the molecule is Cc1cc(C)nc(NC(=O)c2ccc(CN(C)Cc3nnc(C)o3)cc2)c1. The van der Waals surface area contributed by atoms with Crippen molar-refractivity contribution in [1.82, 2.24) is 20.1 Å². The number of aromatic nitrogens is 3. The third-order valence-corrected chi connectivity index (χ3v) is 3.98. The molecule has 1 amide bonds. The molecule has 0 atom stereocenters. The van der Waals surface area contributed by atoms with Crippen LogP contribution >= 0.6 is 0 Å². The van der Waals surface area contributed by atoms with Crippen LogP contribution in [-0.4, -0.2) is 33.0 Å². The molecule has 7 heteroatoms. The van der Waals surface area contributed by atoms with Gasteiger partial charge in [-0.15, -0.1) is 10.2 Å². The Bertz CT molecular complexity index is 914. The molecular weight excluding hydrogens is 342 g/mol. The third-order valence-electron chi connectivity index (χ3n) is 3.98. The summed E-state index contributed by atoms with van der Waals surface area (Å²) in [5.74, 6) is 1.55. The largest absolute Gasteiger partial charge is 0.424 e. The van der Waals surface area contributed by atoms with E-state index in [-0.39, 0.29) is 5.91 Å². The number of hydrogen-bond acceptors (Lipinski definition) is 6. The second-order valence-electron chi connectivity index (χ2n) is 6.71. The van der Waals surface area contributed by atoms with Crippen LogP contribution in [0.1, 0.15) is 39.0 Å².